The van der Waals surface area contributed by atoms with Gasteiger partial charge in [-0.3, -0.25) is 19.2 Å². The van der Waals surface area contributed by atoms with Crippen LogP contribution in [0, 0.1) is 11.3 Å². The Morgan fingerprint density at radius 2 is 1.25 bits per heavy atom. The van der Waals surface area contributed by atoms with E-state index >= 15 is 4.79 Å². The van der Waals surface area contributed by atoms with E-state index in [-0.39, 0.29) is 28.7 Å². The molecule has 4 aromatic rings. The third kappa shape index (κ3) is 8.91. The van der Waals surface area contributed by atoms with Crippen LogP contribution in [0.3, 0.4) is 0 Å². The number of primary amides is 1. The number of Topliss-reactive ketones (excluding diaryl/α,β-unsaturated/α-hetero) is 1. The summed E-state index contributed by atoms with van der Waals surface area (Å²) in [5, 5.41) is 2.27. The van der Waals surface area contributed by atoms with Crippen molar-refractivity contribution in [1.29, 1.82) is 0 Å². The summed E-state index contributed by atoms with van der Waals surface area (Å²) in [6.45, 7) is 8.91. The summed E-state index contributed by atoms with van der Waals surface area (Å²) < 4.78 is 17.7. The summed E-state index contributed by atoms with van der Waals surface area (Å²) in [4.78, 5) is 70.5. The number of hydrogen-bond acceptors (Lipinski definition) is 8. The Bertz CT molecular complexity index is 2010. The standard InChI is InChI=1S/C43H49N2O8PSi/c1-29(53-55(5,6)7)37-35(27-36(46)30-18-17-19-31(26-30)38(44)47)45(39(37)48)40(41(49)51-28-52-42(50)43(2,3)4)54(32-20-11-8-12-21-32,33-22-13-9-14-23-33)34-24-15-10-16-25-34/h8-26,29,35,37H,27-28H2,1-7H3,(H2,44,47). The van der Waals surface area contributed by atoms with Gasteiger partial charge in [-0.15, -0.1) is 0 Å². The quantitative estimate of drug-likeness (QED) is 0.0433. The second-order valence-electron chi connectivity index (χ2n) is 15.5. The number of ketones is 1. The fourth-order valence-corrected chi connectivity index (χ4v) is 12.6. The fraction of sp³-hybridized carbons (Fsp3) is 0.302. The van der Waals surface area contributed by atoms with Crippen LogP contribution in [0.15, 0.2) is 115 Å². The van der Waals surface area contributed by atoms with Gasteiger partial charge in [0.2, 0.25) is 18.6 Å². The predicted octanol–water partition coefficient (Wildman–Crippen LogP) is 5.64. The van der Waals surface area contributed by atoms with Crippen LogP contribution in [0.4, 0.5) is 0 Å². The van der Waals surface area contributed by atoms with Crippen molar-refractivity contribution in [1.82, 2.24) is 4.90 Å². The molecule has 5 rings (SSSR count). The van der Waals surface area contributed by atoms with E-state index in [2.05, 4.69) is 0 Å². The molecular formula is C43H49N2O8PSi. The molecule has 0 radical (unpaired) electrons. The molecule has 1 heterocycles. The lowest BCUT2D eigenvalue weighted by atomic mass is 9.79. The van der Waals surface area contributed by atoms with Crippen molar-refractivity contribution in [2.45, 2.75) is 65.9 Å². The molecule has 1 fully saturated rings. The number of nitrogens with two attached hydrogens (primary N) is 1. The highest BCUT2D eigenvalue weighted by molar-refractivity contribution is 7.96. The maximum Gasteiger partial charge on any atom is 0.358 e. The van der Waals surface area contributed by atoms with Gasteiger partial charge in [0.15, 0.2) is 14.1 Å². The number of likely N-dealkylation sites (tertiary alicyclic amines) is 1. The highest BCUT2D eigenvalue weighted by Crippen LogP contribution is 2.50. The summed E-state index contributed by atoms with van der Waals surface area (Å²) in [5.74, 6) is -3.69. The number of esters is 2. The summed E-state index contributed by atoms with van der Waals surface area (Å²) in [6, 6.07) is 33.7. The van der Waals surface area contributed by atoms with Crippen molar-refractivity contribution in [3.05, 3.63) is 126 Å². The van der Waals surface area contributed by atoms with E-state index in [1.54, 1.807) is 32.9 Å². The Kier molecular flexibility index (Phi) is 12.5. The zero-order valence-corrected chi connectivity index (χ0v) is 34.2. The first-order valence-electron chi connectivity index (χ1n) is 18.2. The molecule has 2 amide bonds. The number of carbonyl (C=O) groups excluding carboxylic acids is 5. The average Bonchev–Trinajstić information content (AvgIpc) is 3.14. The molecule has 0 saturated carbocycles. The van der Waals surface area contributed by atoms with Crippen LogP contribution >= 0.6 is 6.89 Å². The predicted molar refractivity (Wildman–Crippen MR) is 219 cm³/mol. The minimum atomic E-state index is -3.34. The minimum absolute atomic E-state index is 0.0352. The van der Waals surface area contributed by atoms with E-state index in [1.807, 2.05) is 118 Å². The van der Waals surface area contributed by atoms with Gasteiger partial charge < -0.3 is 24.5 Å². The van der Waals surface area contributed by atoms with Crippen molar-refractivity contribution >= 4 is 66.1 Å². The summed E-state index contributed by atoms with van der Waals surface area (Å²) in [6.07, 6.45) is -0.806. The monoisotopic (exact) mass is 780 g/mol. The van der Waals surface area contributed by atoms with E-state index in [0.717, 1.165) is 15.9 Å². The molecule has 12 heteroatoms. The van der Waals surface area contributed by atoms with Crippen molar-refractivity contribution in [2.75, 3.05) is 6.79 Å². The van der Waals surface area contributed by atoms with E-state index < -0.39 is 69.2 Å². The third-order valence-electron chi connectivity index (χ3n) is 9.33. The average molecular weight is 781 g/mol. The zero-order chi connectivity index (χ0) is 40.1. The van der Waals surface area contributed by atoms with Crippen molar-refractivity contribution in [2.24, 2.45) is 17.1 Å². The van der Waals surface area contributed by atoms with Crippen LogP contribution in [0.1, 0.15) is 54.8 Å². The molecular weight excluding hydrogens is 732 g/mol. The van der Waals surface area contributed by atoms with Gasteiger partial charge in [0, 0.05) is 24.4 Å². The van der Waals surface area contributed by atoms with Gasteiger partial charge in [-0.1, -0.05) is 103 Å². The van der Waals surface area contributed by atoms with Crippen molar-refractivity contribution in [3.63, 3.8) is 0 Å². The fourth-order valence-electron chi connectivity index (χ4n) is 6.93. The molecule has 288 valence electrons. The van der Waals surface area contributed by atoms with E-state index in [9.17, 15) is 19.2 Å². The number of β-lactam (4-membered cyclic amide) rings is 1. The molecule has 0 aromatic heterocycles. The summed E-state index contributed by atoms with van der Waals surface area (Å²) in [7, 11) is -2.21. The molecule has 1 aliphatic heterocycles. The molecule has 2 N–H and O–H groups in total. The van der Waals surface area contributed by atoms with Gasteiger partial charge >= 0.3 is 11.9 Å². The molecule has 0 bridgehead atoms. The second kappa shape index (κ2) is 16.7. The lowest BCUT2D eigenvalue weighted by Gasteiger charge is -2.52. The van der Waals surface area contributed by atoms with Crippen LogP contribution in [-0.4, -0.2) is 67.1 Å². The SMILES string of the molecule is CC(O[Si](C)(C)C)C1C(=O)N(C(C(=O)OCOC(=O)C(C)(C)C)=P(c2ccccc2)(c2ccccc2)c2ccccc2)C1CC(=O)c1cccc(C(N)=O)c1. The molecule has 3 unspecified atom stereocenters. The second-order valence-corrected chi connectivity index (χ2v) is 23.3. The van der Waals surface area contributed by atoms with E-state index in [0.29, 0.717) is 0 Å². The zero-order valence-electron chi connectivity index (χ0n) is 32.4. The molecule has 55 heavy (non-hydrogen) atoms. The Balaban J connectivity index is 1.82. The van der Waals surface area contributed by atoms with Crippen molar-refractivity contribution in [3.8, 4) is 0 Å². The van der Waals surface area contributed by atoms with Gasteiger partial charge in [0.1, 0.15) is 5.42 Å². The number of amides is 2. The van der Waals surface area contributed by atoms with Crippen LogP contribution in [0.25, 0.3) is 0 Å². The molecule has 0 aliphatic carbocycles. The van der Waals surface area contributed by atoms with E-state index in [4.69, 9.17) is 19.6 Å². The molecule has 10 nitrogen and oxygen atoms in total. The highest BCUT2D eigenvalue weighted by atomic mass is 31.2. The first kappa shape index (κ1) is 41.1. The number of hydrogen-bond donors (Lipinski definition) is 1. The van der Waals surface area contributed by atoms with E-state index in [1.165, 1.54) is 17.0 Å². The highest BCUT2D eigenvalue weighted by Gasteiger charge is 2.56. The van der Waals surface area contributed by atoms with Gasteiger partial charge in [-0.25, -0.2) is 4.79 Å². The molecule has 1 saturated heterocycles. The lowest BCUT2D eigenvalue weighted by molar-refractivity contribution is -0.171. The topological polar surface area (TPSA) is 142 Å². The van der Waals surface area contributed by atoms with Crippen LogP contribution < -0.4 is 21.6 Å². The van der Waals surface area contributed by atoms with Crippen LogP contribution in [0.5, 0.6) is 0 Å². The first-order valence-corrected chi connectivity index (χ1v) is 23.4. The number of carbonyl (C=O) groups is 5. The third-order valence-corrected chi connectivity index (χ3v) is 14.7. The normalized spacial score (nSPS) is 16.4. The maximum atomic E-state index is 15.1. The largest absolute Gasteiger partial charge is 0.427 e. The number of rotatable bonds is 14. The maximum absolute atomic E-state index is 15.1. The molecule has 0 spiro atoms. The van der Waals surface area contributed by atoms with Gasteiger partial charge in [0.05, 0.1) is 23.5 Å². The Hall–Kier alpha value is -5.09. The first-order chi connectivity index (χ1) is 26.0. The van der Waals surface area contributed by atoms with Gasteiger partial charge in [-0.2, -0.15) is 0 Å². The van der Waals surface area contributed by atoms with Crippen LogP contribution in [-0.2, 0) is 28.3 Å². The van der Waals surface area contributed by atoms with Crippen LogP contribution in [0.2, 0.25) is 19.6 Å². The molecule has 1 aliphatic rings. The van der Waals surface area contributed by atoms with Gasteiger partial charge in [0.25, 0.3) is 0 Å². The Labute approximate surface area is 324 Å². The Morgan fingerprint density at radius 1 is 0.764 bits per heavy atom. The number of ether oxygens (including phenoxy) is 2. The van der Waals surface area contributed by atoms with Crippen molar-refractivity contribution < 1.29 is 37.9 Å². The summed E-state index contributed by atoms with van der Waals surface area (Å²) >= 11 is 0. The summed E-state index contributed by atoms with van der Waals surface area (Å²) in [5.41, 5.74) is 5.13. The number of benzene rings is 4. The smallest absolute Gasteiger partial charge is 0.358 e. The molecule has 3 atom stereocenters. The minimum Gasteiger partial charge on any atom is -0.427 e. The molecule has 4 aromatic carbocycles. The number of nitrogens with zero attached hydrogens (tertiary/aromatic N) is 1. The Morgan fingerprint density at radius 3 is 1.71 bits per heavy atom. The lowest BCUT2D eigenvalue weighted by Crippen LogP contribution is -2.69. The van der Waals surface area contributed by atoms with Gasteiger partial charge in [-0.05, 0) is 75.4 Å².